The van der Waals surface area contributed by atoms with Crippen molar-refractivity contribution in [3.8, 4) is 6.07 Å². The van der Waals surface area contributed by atoms with Gasteiger partial charge >= 0.3 is 5.69 Å². The second kappa shape index (κ2) is 4.44. The molecule has 7 nitrogen and oxygen atoms in total. The van der Waals surface area contributed by atoms with Gasteiger partial charge in [0.05, 0.1) is 5.84 Å². The van der Waals surface area contributed by atoms with Gasteiger partial charge in [0.2, 0.25) is 0 Å². The van der Waals surface area contributed by atoms with Gasteiger partial charge in [-0.25, -0.2) is 4.79 Å². The molecule has 84 valence electrons. The zero-order valence-corrected chi connectivity index (χ0v) is 9.16. The van der Waals surface area contributed by atoms with Crippen LogP contribution in [0.5, 0.6) is 0 Å². The van der Waals surface area contributed by atoms with Crippen LogP contribution in [0.2, 0.25) is 0 Å². The van der Waals surface area contributed by atoms with E-state index in [-0.39, 0.29) is 11.4 Å². The third-order valence-electron chi connectivity index (χ3n) is 2.06. The van der Waals surface area contributed by atoms with E-state index < -0.39 is 11.2 Å². The maximum absolute atomic E-state index is 11.6. The summed E-state index contributed by atoms with van der Waals surface area (Å²) in [4.78, 5) is 29.1. The lowest BCUT2D eigenvalue weighted by molar-refractivity contribution is 0.774. The summed E-state index contributed by atoms with van der Waals surface area (Å²) in [6, 6.07) is 1.74. The first-order valence-electron chi connectivity index (χ1n) is 4.45. The number of H-pyrrole nitrogens is 1. The molecule has 1 aromatic rings. The predicted octanol–water partition coefficient (Wildman–Crippen LogP) is -0.595. The molecule has 0 atom stereocenters. The zero-order chi connectivity index (χ0) is 12.3. The first-order chi connectivity index (χ1) is 7.51. The Kier molecular flexibility index (Phi) is 3.25. The lowest BCUT2D eigenvalue weighted by Crippen LogP contribution is -2.35. The van der Waals surface area contributed by atoms with Crippen molar-refractivity contribution in [2.24, 2.45) is 12.0 Å². The van der Waals surface area contributed by atoms with Crippen LogP contribution in [0.15, 0.2) is 14.6 Å². The van der Waals surface area contributed by atoms with Gasteiger partial charge in [-0.1, -0.05) is 0 Å². The van der Waals surface area contributed by atoms with Crippen molar-refractivity contribution >= 4 is 11.7 Å². The van der Waals surface area contributed by atoms with Crippen molar-refractivity contribution in [2.75, 3.05) is 12.4 Å². The van der Waals surface area contributed by atoms with Crippen LogP contribution < -0.4 is 16.6 Å². The topological polar surface area (TPSA) is 103 Å². The monoisotopic (exact) mass is 221 g/mol. The van der Waals surface area contributed by atoms with E-state index in [9.17, 15) is 9.59 Å². The molecule has 7 heteroatoms. The Morgan fingerprint density at radius 1 is 1.56 bits per heavy atom. The molecule has 1 aromatic heterocycles. The Morgan fingerprint density at radius 3 is 2.69 bits per heavy atom. The molecule has 0 spiro atoms. The summed E-state index contributed by atoms with van der Waals surface area (Å²) >= 11 is 0. The number of aromatic nitrogens is 2. The molecule has 0 bridgehead atoms. The molecule has 0 fully saturated rings. The molecule has 1 heterocycles. The molecule has 0 aliphatic heterocycles. The van der Waals surface area contributed by atoms with Gasteiger partial charge in [-0.3, -0.25) is 19.3 Å². The van der Waals surface area contributed by atoms with E-state index in [0.29, 0.717) is 5.84 Å². The van der Waals surface area contributed by atoms with Crippen LogP contribution >= 0.6 is 0 Å². The van der Waals surface area contributed by atoms with Gasteiger partial charge in [0.25, 0.3) is 5.56 Å². The predicted molar refractivity (Wildman–Crippen MR) is 59.7 cm³/mol. The molecular weight excluding hydrogens is 210 g/mol. The molecule has 2 N–H and O–H groups in total. The standard InChI is InChI=1S/C9H11N5O2/c1-5(11-2)12-7-6(4-10)8(15)14(3)9(16)13-7/h1-3H3,(H,11,12)(H,13,16). The highest BCUT2D eigenvalue weighted by Gasteiger charge is 2.11. The van der Waals surface area contributed by atoms with Crippen molar-refractivity contribution in [1.82, 2.24) is 9.55 Å². The number of rotatable bonds is 1. The number of hydrogen-bond donors (Lipinski definition) is 2. The lowest BCUT2D eigenvalue weighted by Gasteiger charge is -2.07. The van der Waals surface area contributed by atoms with Crippen LogP contribution in [0.25, 0.3) is 0 Å². The third-order valence-corrected chi connectivity index (χ3v) is 2.06. The average molecular weight is 221 g/mol. The number of nitriles is 1. The summed E-state index contributed by atoms with van der Waals surface area (Å²) in [7, 11) is 2.85. The Morgan fingerprint density at radius 2 is 2.19 bits per heavy atom. The molecular formula is C9H11N5O2. The fourth-order valence-corrected chi connectivity index (χ4v) is 1.05. The summed E-state index contributed by atoms with van der Waals surface area (Å²) < 4.78 is 0.835. The normalized spacial score (nSPS) is 11.0. The zero-order valence-electron chi connectivity index (χ0n) is 9.16. The van der Waals surface area contributed by atoms with E-state index in [0.717, 1.165) is 4.57 Å². The number of aliphatic imine (C=N–C) groups is 1. The molecule has 0 amide bonds. The maximum atomic E-state index is 11.6. The van der Waals surface area contributed by atoms with Gasteiger partial charge < -0.3 is 5.32 Å². The molecule has 0 aromatic carbocycles. The third kappa shape index (κ3) is 2.00. The number of amidine groups is 1. The van der Waals surface area contributed by atoms with Crippen LogP contribution in [0.3, 0.4) is 0 Å². The minimum atomic E-state index is -0.641. The smallest absolute Gasteiger partial charge is 0.329 e. The van der Waals surface area contributed by atoms with Crippen molar-refractivity contribution in [3.63, 3.8) is 0 Å². The molecule has 1 rings (SSSR count). The summed E-state index contributed by atoms with van der Waals surface area (Å²) in [6.07, 6.45) is 0. The Bertz CT molecular complexity index is 587. The van der Waals surface area contributed by atoms with Crippen molar-refractivity contribution < 1.29 is 0 Å². The highest BCUT2D eigenvalue weighted by molar-refractivity contribution is 5.93. The van der Waals surface area contributed by atoms with Gasteiger partial charge in [-0.15, -0.1) is 0 Å². The van der Waals surface area contributed by atoms with Gasteiger partial charge in [0, 0.05) is 14.1 Å². The summed E-state index contributed by atoms with van der Waals surface area (Å²) in [6.45, 7) is 1.65. The van der Waals surface area contributed by atoms with Gasteiger partial charge in [-0.05, 0) is 6.92 Å². The average Bonchev–Trinajstić information content (AvgIpc) is 2.26. The number of anilines is 1. The fourth-order valence-electron chi connectivity index (χ4n) is 1.05. The number of nitrogens with zero attached hydrogens (tertiary/aromatic N) is 3. The highest BCUT2D eigenvalue weighted by Crippen LogP contribution is 2.02. The minimum Gasteiger partial charge on any atom is -0.329 e. The van der Waals surface area contributed by atoms with Crippen molar-refractivity contribution in [3.05, 3.63) is 26.4 Å². The quantitative estimate of drug-likeness (QED) is 0.488. The summed E-state index contributed by atoms with van der Waals surface area (Å²) in [5, 5.41) is 11.5. The van der Waals surface area contributed by atoms with Crippen LogP contribution in [0, 0.1) is 11.3 Å². The fraction of sp³-hybridized carbons (Fsp3) is 0.333. The van der Waals surface area contributed by atoms with Crippen LogP contribution in [-0.2, 0) is 7.05 Å². The molecule has 0 saturated carbocycles. The molecule has 0 radical (unpaired) electrons. The van der Waals surface area contributed by atoms with E-state index >= 15 is 0 Å². The molecule has 0 unspecified atom stereocenters. The van der Waals surface area contributed by atoms with E-state index in [1.165, 1.54) is 7.05 Å². The maximum Gasteiger partial charge on any atom is 0.329 e. The Hall–Kier alpha value is -2.36. The number of aromatic amines is 1. The second-order valence-electron chi connectivity index (χ2n) is 3.09. The van der Waals surface area contributed by atoms with Crippen LogP contribution in [-0.4, -0.2) is 22.4 Å². The van der Waals surface area contributed by atoms with Gasteiger partial charge in [0.15, 0.2) is 5.56 Å². The van der Waals surface area contributed by atoms with E-state index in [4.69, 9.17) is 5.26 Å². The molecule has 0 aliphatic rings. The lowest BCUT2D eigenvalue weighted by atomic mass is 10.3. The number of nitrogens with one attached hydrogen (secondary N) is 2. The molecule has 0 saturated heterocycles. The molecule has 0 aliphatic carbocycles. The number of hydrogen-bond acceptors (Lipinski definition) is 4. The second-order valence-corrected chi connectivity index (χ2v) is 3.09. The van der Waals surface area contributed by atoms with E-state index in [1.54, 1.807) is 20.0 Å². The largest absolute Gasteiger partial charge is 0.329 e. The SMILES string of the molecule is CN=C(C)Nc1[nH]c(=O)n(C)c(=O)c1C#N. The Labute approximate surface area is 91.1 Å². The van der Waals surface area contributed by atoms with Crippen molar-refractivity contribution in [1.29, 1.82) is 5.26 Å². The Balaban J connectivity index is 3.48. The van der Waals surface area contributed by atoms with E-state index in [2.05, 4.69) is 15.3 Å². The summed E-state index contributed by atoms with van der Waals surface area (Å²) in [5.74, 6) is 0.555. The minimum absolute atomic E-state index is 0.0682. The van der Waals surface area contributed by atoms with Crippen molar-refractivity contribution in [2.45, 2.75) is 6.92 Å². The van der Waals surface area contributed by atoms with Crippen LogP contribution in [0.4, 0.5) is 5.82 Å². The van der Waals surface area contributed by atoms with Crippen LogP contribution in [0.1, 0.15) is 12.5 Å². The first kappa shape index (κ1) is 11.7. The highest BCUT2D eigenvalue weighted by atomic mass is 16.2. The van der Waals surface area contributed by atoms with E-state index in [1.807, 2.05) is 0 Å². The van der Waals surface area contributed by atoms with Gasteiger partial charge in [-0.2, -0.15) is 5.26 Å². The molecule has 16 heavy (non-hydrogen) atoms. The van der Waals surface area contributed by atoms with Gasteiger partial charge in [0.1, 0.15) is 11.9 Å². The summed E-state index contributed by atoms with van der Waals surface area (Å²) in [5.41, 5.74) is -1.38. The first-order valence-corrected chi connectivity index (χ1v) is 4.45.